The minimum absolute atomic E-state index is 0.0536. The van der Waals surface area contributed by atoms with Crippen molar-refractivity contribution >= 4 is 11.9 Å². The third-order valence-corrected chi connectivity index (χ3v) is 6.92. The SMILES string of the molecule is CC(=O)O[C@]12CC[C@H](NC(=O)c3ccccc3)C[C@]1(c1cccc(O)c1)CCN(C)C2. The van der Waals surface area contributed by atoms with Crippen molar-refractivity contribution in [2.24, 2.45) is 0 Å². The van der Waals surface area contributed by atoms with Crippen LogP contribution in [0.2, 0.25) is 0 Å². The highest BCUT2D eigenvalue weighted by molar-refractivity contribution is 5.94. The maximum absolute atomic E-state index is 12.8. The van der Waals surface area contributed by atoms with Gasteiger partial charge < -0.3 is 20.1 Å². The van der Waals surface area contributed by atoms with Gasteiger partial charge in [-0.2, -0.15) is 0 Å². The van der Waals surface area contributed by atoms with Crippen molar-refractivity contribution in [1.29, 1.82) is 0 Å². The zero-order valence-electron chi connectivity index (χ0n) is 18.1. The second-order valence-corrected chi connectivity index (χ2v) is 8.99. The molecular weight excluding hydrogens is 392 g/mol. The summed E-state index contributed by atoms with van der Waals surface area (Å²) in [6.07, 6.45) is 2.79. The smallest absolute Gasteiger partial charge is 0.303 e. The van der Waals surface area contributed by atoms with Gasteiger partial charge in [0, 0.05) is 30.5 Å². The molecule has 1 saturated carbocycles. The summed E-state index contributed by atoms with van der Waals surface area (Å²) in [6.45, 7) is 2.93. The lowest BCUT2D eigenvalue weighted by atomic mass is 9.55. The molecule has 1 saturated heterocycles. The number of aromatic hydroxyl groups is 1. The Hall–Kier alpha value is -2.86. The molecule has 2 fully saturated rings. The predicted molar refractivity (Wildman–Crippen MR) is 118 cm³/mol. The number of carbonyl (C=O) groups excluding carboxylic acids is 2. The summed E-state index contributed by atoms with van der Waals surface area (Å²) in [5.41, 5.74) is 0.402. The number of piperidine rings is 1. The summed E-state index contributed by atoms with van der Waals surface area (Å²) in [5.74, 6) is -0.200. The predicted octanol–water partition coefficient (Wildman–Crippen LogP) is 3.25. The molecule has 0 radical (unpaired) electrons. The molecule has 2 aromatic carbocycles. The number of fused-ring (bicyclic) bond motifs is 1. The van der Waals surface area contributed by atoms with E-state index in [1.807, 2.05) is 49.5 Å². The maximum Gasteiger partial charge on any atom is 0.303 e. The second-order valence-electron chi connectivity index (χ2n) is 8.99. The Bertz CT molecular complexity index is 963. The maximum atomic E-state index is 12.8. The average Bonchev–Trinajstić information content (AvgIpc) is 2.74. The molecule has 6 heteroatoms. The fourth-order valence-corrected chi connectivity index (χ4v) is 5.58. The van der Waals surface area contributed by atoms with Crippen molar-refractivity contribution < 1.29 is 19.4 Å². The molecule has 0 aromatic heterocycles. The number of likely N-dealkylation sites (N-methyl/N-ethyl adjacent to an activating group) is 1. The van der Waals surface area contributed by atoms with E-state index in [0.717, 1.165) is 24.9 Å². The van der Waals surface area contributed by atoms with Gasteiger partial charge in [0.1, 0.15) is 11.4 Å². The van der Waals surface area contributed by atoms with Gasteiger partial charge in [0.25, 0.3) is 5.91 Å². The standard InChI is InChI=1S/C25H30N2O4/c1-18(28)31-25-12-11-21(26-23(30)19-7-4-3-5-8-19)16-24(25,13-14-27(2)17-25)20-9-6-10-22(29)15-20/h3-10,15,21,29H,11-14,16-17H2,1-2H3,(H,26,30)/t21-,24-,25-/m0/s1. The number of hydrogen-bond acceptors (Lipinski definition) is 5. The Morgan fingerprint density at radius 3 is 2.61 bits per heavy atom. The third-order valence-electron chi connectivity index (χ3n) is 6.92. The minimum atomic E-state index is -0.701. The average molecular weight is 423 g/mol. The summed E-state index contributed by atoms with van der Waals surface area (Å²) in [7, 11) is 2.04. The summed E-state index contributed by atoms with van der Waals surface area (Å²) in [6, 6.07) is 16.4. The Kier molecular flexibility index (Phi) is 5.75. The molecule has 6 nitrogen and oxygen atoms in total. The highest BCUT2D eigenvalue weighted by Gasteiger charge is 2.60. The number of phenolic OH excluding ortho intramolecular Hbond substituents is 1. The lowest BCUT2D eigenvalue weighted by Crippen LogP contribution is -2.68. The summed E-state index contributed by atoms with van der Waals surface area (Å²) in [5, 5.41) is 13.4. The lowest BCUT2D eigenvalue weighted by Gasteiger charge is -2.59. The van der Waals surface area contributed by atoms with Crippen LogP contribution in [0.15, 0.2) is 54.6 Å². The largest absolute Gasteiger partial charge is 0.508 e. The van der Waals surface area contributed by atoms with Crippen LogP contribution in [-0.4, -0.2) is 53.7 Å². The van der Waals surface area contributed by atoms with E-state index < -0.39 is 11.0 Å². The number of nitrogens with one attached hydrogen (secondary N) is 1. The molecular formula is C25H30N2O4. The monoisotopic (exact) mass is 422 g/mol. The van der Waals surface area contributed by atoms with E-state index in [0.29, 0.717) is 24.9 Å². The van der Waals surface area contributed by atoms with Gasteiger partial charge in [0.15, 0.2) is 0 Å². The number of phenols is 1. The highest BCUT2D eigenvalue weighted by Crippen LogP contribution is 2.53. The Morgan fingerprint density at radius 2 is 1.90 bits per heavy atom. The van der Waals surface area contributed by atoms with Crippen molar-refractivity contribution in [3.05, 3.63) is 65.7 Å². The van der Waals surface area contributed by atoms with Gasteiger partial charge in [-0.15, -0.1) is 0 Å². The van der Waals surface area contributed by atoms with Crippen LogP contribution in [0.4, 0.5) is 0 Å². The van der Waals surface area contributed by atoms with Crippen molar-refractivity contribution in [3.63, 3.8) is 0 Å². The number of esters is 1. The summed E-state index contributed by atoms with van der Waals surface area (Å²) >= 11 is 0. The van der Waals surface area contributed by atoms with Gasteiger partial charge >= 0.3 is 5.97 Å². The van der Waals surface area contributed by atoms with E-state index in [-0.39, 0.29) is 23.7 Å². The van der Waals surface area contributed by atoms with E-state index in [9.17, 15) is 14.7 Å². The van der Waals surface area contributed by atoms with Crippen LogP contribution in [0.25, 0.3) is 0 Å². The van der Waals surface area contributed by atoms with Gasteiger partial charge in [-0.3, -0.25) is 9.59 Å². The Labute approximate surface area is 183 Å². The zero-order chi connectivity index (χ0) is 22.1. The molecule has 0 spiro atoms. The van der Waals surface area contributed by atoms with E-state index in [1.165, 1.54) is 6.92 Å². The molecule has 1 aliphatic heterocycles. The van der Waals surface area contributed by atoms with E-state index in [4.69, 9.17) is 4.74 Å². The molecule has 2 aromatic rings. The van der Waals surface area contributed by atoms with Crippen LogP contribution < -0.4 is 5.32 Å². The van der Waals surface area contributed by atoms with Gasteiger partial charge in [0.2, 0.25) is 0 Å². The second kappa shape index (κ2) is 8.35. The van der Waals surface area contributed by atoms with Crippen LogP contribution in [0.5, 0.6) is 5.75 Å². The highest BCUT2D eigenvalue weighted by atomic mass is 16.6. The molecule has 4 rings (SSSR count). The van der Waals surface area contributed by atoms with Crippen LogP contribution in [0.1, 0.15) is 48.5 Å². The minimum Gasteiger partial charge on any atom is -0.508 e. The third kappa shape index (κ3) is 4.04. The first-order valence-corrected chi connectivity index (χ1v) is 10.9. The topological polar surface area (TPSA) is 78.9 Å². The summed E-state index contributed by atoms with van der Waals surface area (Å²) in [4.78, 5) is 27.2. The number of hydrogen-bond donors (Lipinski definition) is 2. The van der Waals surface area contributed by atoms with E-state index >= 15 is 0 Å². The normalized spacial score (nSPS) is 28.4. The van der Waals surface area contributed by atoms with Crippen molar-refractivity contribution in [2.45, 2.75) is 49.7 Å². The quantitative estimate of drug-likeness (QED) is 0.740. The molecule has 0 bridgehead atoms. The van der Waals surface area contributed by atoms with Crippen LogP contribution in [0.3, 0.4) is 0 Å². The van der Waals surface area contributed by atoms with Crippen LogP contribution in [0, 0.1) is 0 Å². The number of carbonyl (C=O) groups is 2. The Balaban J connectivity index is 1.71. The van der Waals surface area contributed by atoms with Crippen molar-refractivity contribution in [2.75, 3.05) is 20.1 Å². The first-order chi connectivity index (χ1) is 14.8. The van der Waals surface area contributed by atoms with Crippen LogP contribution in [-0.2, 0) is 14.9 Å². The van der Waals surface area contributed by atoms with Crippen LogP contribution >= 0.6 is 0 Å². The van der Waals surface area contributed by atoms with Crippen molar-refractivity contribution in [3.8, 4) is 5.75 Å². The molecule has 164 valence electrons. The fraction of sp³-hybridized carbons (Fsp3) is 0.440. The molecule has 0 unspecified atom stereocenters. The lowest BCUT2D eigenvalue weighted by molar-refractivity contribution is -0.185. The molecule has 1 amide bonds. The molecule has 31 heavy (non-hydrogen) atoms. The number of likely N-dealkylation sites (tertiary alicyclic amines) is 1. The van der Waals surface area contributed by atoms with Gasteiger partial charge in [-0.25, -0.2) is 0 Å². The first kappa shape index (κ1) is 21.4. The van der Waals surface area contributed by atoms with Gasteiger partial charge in [0.05, 0.1) is 0 Å². The van der Waals surface area contributed by atoms with E-state index in [2.05, 4.69) is 10.2 Å². The fourth-order valence-electron chi connectivity index (χ4n) is 5.58. The zero-order valence-corrected chi connectivity index (χ0v) is 18.1. The number of nitrogens with zero attached hydrogens (tertiary/aromatic N) is 1. The number of amides is 1. The number of benzene rings is 2. The molecule has 1 aliphatic carbocycles. The van der Waals surface area contributed by atoms with Gasteiger partial charge in [-0.05, 0) is 69.1 Å². The number of rotatable bonds is 4. The van der Waals surface area contributed by atoms with E-state index in [1.54, 1.807) is 12.1 Å². The first-order valence-electron chi connectivity index (χ1n) is 10.9. The molecule has 2 aliphatic rings. The molecule has 3 atom stereocenters. The van der Waals surface area contributed by atoms with Crippen molar-refractivity contribution in [1.82, 2.24) is 10.2 Å². The van der Waals surface area contributed by atoms with Gasteiger partial charge in [-0.1, -0.05) is 30.3 Å². The summed E-state index contributed by atoms with van der Waals surface area (Å²) < 4.78 is 6.11. The number of ether oxygens (including phenoxy) is 1. The molecule has 1 heterocycles. The molecule has 2 N–H and O–H groups in total. The Morgan fingerprint density at radius 1 is 1.13 bits per heavy atom.